The first kappa shape index (κ1) is 8.50. The van der Waals surface area contributed by atoms with Crippen LogP contribution in [0.25, 0.3) is 0 Å². The quantitative estimate of drug-likeness (QED) is 0.246. The molecule has 0 aliphatic carbocycles. The molecule has 0 aromatic heterocycles. The molecule has 2 nitrogen and oxygen atoms in total. The van der Waals surface area contributed by atoms with Crippen molar-refractivity contribution in [3.8, 4) is 0 Å². The number of allylic oxidation sites excluding steroid dienone is 1. The molecule has 0 saturated heterocycles. The highest BCUT2D eigenvalue weighted by Crippen LogP contribution is 1.93. The Morgan fingerprint density at radius 3 is 2.67 bits per heavy atom. The number of unbranched alkanes of at least 4 members (excludes halogenated alkanes) is 1. The zero-order valence-electron chi connectivity index (χ0n) is 6.14. The summed E-state index contributed by atoms with van der Waals surface area (Å²) in [4.78, 5) is 9.39. The summed E-state index contributed by atoms with van der Waals surface area (Å²) in [6.45, 7) is 8.02. The summed E-state index contributed by atoms with van der Waals surface area (Å²) in [6, 6.07) is 0. The standard InChI is InChI=1S/C7H14O2/c1-4-5-6-8-9-7(2)3/h2,4-6H2,1,3H3. The molecule has 0 heterocycles. The maximum Gasteiger partial charge on any atom is 0.132 e. The molecule has 0 fully saturated rings. The fourth-order valence-corrected chi connectivity index (χ4v) is 0.346. The van der Waals surface area contributed by atoms with E-state index in [0.29, 0.717) is 12.4 Å². The minimum absolute atomic E-state index is 0.603. The molecule has 0 N–H and O–H groups in total. The fraction of sp³-hybridized carbons (Fsp3) is 0.714. The van der Waals surface area contributed by atoms with E-state index in [9.17, 15) is 0 Å². The molecule has 54 valence electrons. The van der Waals surface area contributed by atoms with Crippen molar-refractivity contribution >= 4 is 0 Å². The van der Waals surface area contributed by atoms with E-state index < -0.39 is 0 Å². The summed E-state index contributed by atoms with van der Waals surface area (Å²) >= 11 is 0. The van der Waals surface area contributed by atoms with E-state index in [1.54, 1.807) is 6.92 Å². The maximum absolute atomic E-state index is 4.74. The van der Waals surface area contributed by atoms with Crippen LogP contribution in [-0.4, -0.2) is 6.61 Å². The van der Waals surface area contributed by atoms with Gasteiger partial charge in [-0.05, 0) is 13.3 Å². The average molecular weight is 130 g/mol. The first-order chi connectivity index (χ1) is 4.27. The van der Waals surface area contributed by atoms with Gasteiger partial charge in [-0.15, -0.1) is 0 Å². The molecule has 0 atom stereocenters. The highest BCUT2D eigenvalue weighted by molar-refractivity contribution is 4.70. The SMILES string of the molecule is C=C(C)OOCCCC. The highest BCUT2D eigenvalue weighted by atomic mass is 17.2. The van der Waals surface area contributed by atoms with Crippen molar-refractivity contribution < 1.29 is 9.78 Å². The van der Waals surface area contributed by atoms with Crippen LogP contribution in [0.1, 0.15) is 26.7 Å². The van der Waals surface area contributed by atoms with E-state index in [2.05, 4.69) is 18.4 Å². The first-order valence-electron chi connectivity index (χ1n) is 3.22. The summed E-state index contributed by atoms with van der Waals surface area (Å²) in [5.41, 5.74) is 0. The lowest BCUT2D eigenvalue weighted by molar-refractivity contribution is -0.261. The summed E-state index contributed by atoms with van der Waals surface area (Å²) in [5, 5.41) is 0. The summed E-state index contributed by atoms with van der Waals surface area (Å²) in [7, 11) is 0. The van der Waals surface area contributed by atoms with E-state index in [-0.39, 0.29) is 0 Å². The molecule has 0 saturated carbocycles. The van der Waals surface area contributed by atoms with Crippen LogP contribution < -0.4 is 0 Å². The Morgan fingerprint density at radius 1 is 1.56 bits per heavy atom. The van der Waals surface area contributed by atoms with Crippen molar-refractivity contribution in [1.82, 2.24) is 0 Å². The van der Waals surface area contributed by atoms with Crippen LogP contribution in [0.15, 0.2) is 12.3 Å². The summed E-state index contributed by atoms with van der Waals surface area (Å²) in [6.07, 6.45) is 2.16. The van der Waals surface area contributed by atoms with E-state index in [1.807, 2.05) is 0 Å². The van der Waals surface area contributed by atoms with Crippen LogP contribution in [0.2, 0.25) is 0 Å². The molecule has 0 unspecified atom stereocenters. The molecule has 2 heteroatoms. The topological polar surface area (TPSA) is 18.5 Å². The third-order valence-corrected chi connectivity index (χ3v) is 0.782. The molecule has 0 radical (unpaired) electrons. The Labute approximate surface area is 56.4 Å². The van der Waals surface area contributed by atoms with Crippen LogP contribution >= 0.6 is 0 Å². The zero-order valence-corrected chi connectivity index (χ0v) is 6.14. The van der Waals surface area contributed by atoms with Crippen LogP contribution in [0, 0.1) is 0 Å². The van der Waals surface area contributed by atoms with Gasteiger partial charge in [0.2, 0.25) is 0 Å². The van der Waals surface area contributed by atoms with Crippen molar-refractivity contribution in [2.75, 3.05) is 6.61 Å². The normalized spacial score (nSPS) is 9.11. The molecule has 0 aliphatic rings. The smallest absolute Gasteiger partial charge is 0.132 e. The van der Waals surface area contributed by atoms with Gasteiger partial charge in [0, 0.05) is 0 Å². The van der Waals surface area contributed by atoms with Crippen LogP contribution in [0.4, 0.5) is 0 Å². The highest BCUT2D eigenvalue weighted by Gasteiger charge is 1.85. The van der Waals surface area contributed by atoms with Crippen molar-refractivity contribution in [2.24, 2.45) is 0 Å². The zero-order chi connectivity index (χ0) is 7.11. The minimum Gasteiger partial charge on any atom is -0.343 e. The van der Waals surface area contributed by atoms with E-state index in [1.165, 1.54) is 0 Å². The first-order valence-corrected chi connectivity index (χ1v) is 3.22. The Kier molecular flexibility index (Phi) is 5.32. The van der Waals surface area contributed by atoms with Gasteiger partial charge in [0.15, 0.2) is 0 Å². The van der Waals surface area contributed by atoms with Gasteiger partial charge in [0.25, 0.3) is 0 Å². The van der Waals surface area contributed by atoms with Gasteiger partial charge in [0.05, 0.1) is 6.61 Å². The predicted octanol–water partition coefficient (Wildman–Crippen LogP) is 2.27. The van der Waals surface area contributed by atoms with E-state index in [0.717, 1.165) is 12.8 Å². The minimum atomic E-state index is 0.603. The molecule has 9 heavy (non-hydrogen) atoms. The molecule has 0 aromatic carbocycles. The van der Waals surface area contributed by atoms with Gasteiger partial charge in [-0.1, -0.05) is 19.9 Å². The number of hydrogen-bond acceptors (Lipinski definition) is 2. The predicted molar refractivity (Wildman–Crippen MR) is 36.8 cm³/mol. The lowest BCUT2D eigenvalue weighted by atomic mass is 10.4. The van der Waals surface area contributed by atoms with Gasteiger partial charge >= 0.3 is 0 Å². The Balaban J connectivity index is 2.83. The lowest BCUT2D eigenvalue weighted by Crippen LogP contribution is -1.93. The van der Waals surface area contributed by atoms with Crippen molar-refractivity contribution in [1.29, 1.82) is 0 Å². The van der Waals surface area contributed by atoms with Crippen LogP contribution in [-0.2, 0) is 9.78 Å². The Bertz CT molecular complexity index is 79.0. The summed E-state index contributed by atoms with van der Waals surface area (Å²) < 4.78 is 0. The van der Waals surface area contributed by atoms with Gasteiger partial charge in [-0.2, -0.15) is 4.89 Å². The maximum atomic E-state index is 4.74. The molecular formula is C7H14O2. The lowest BCUT2D eigenvalue weighted by Gasteiger charge is -2.01. The third kappa shape index (κ3) is 7.50. The molecule has 0 aromatic rings. The van der Waals surface area contributed by atoms with Gasteiger partial charge in [0.1, 0.15) is 5.76 Å². The van der Waals surface area contributed by atoms with Gasteiger partial charge < -0.3 is 4.89 Å². The number of rotatable bonds is 5. The van der Waals surface area contributed by atoms with Crippen molar-refractivity contribution in [3.05, 3.63) is 12.3 Å². The van der Waals surface area contributed by atoms with E-state index >= 15 is 0 Å². The monoisotopic (exact) mass is 130 g/mol. The molecular weight excluding hydrogens is 116 g/mol. The fourth-order valence-electron chi connectivity index (χ4n) is 0.346. The molecule has 0 bridgehead atoms. The van der Waals surface area contributed by atoms with Crippen molar-refractivity contribution in [2.45, 2.75) is 26.7 Å². The third-order valence-electron chi connectivity index (χ3n) is 0.782. The van der Waals surface area contributed by atoms with Crippen molar-refractivity contribution in [3.63, 3.8) is 0 Å². The molecule has 0 rings (SSSR count). The van der Waals surface area contributed by atoms with Gasteiger partial charge in [-0.25, -0.2) is 0 Å². The molecule has 0 spiro atoms. The average Bonchev–Trinajstić information content (AvgIpc) is 1.80. The Morgan fingerprint density at radius 2 is 2.22 bits per heavy atom. The second-order valence-corrected chi connectivity index (χ2v) is 1.96. The second-order valence-electron chi connectivity index (χ2n) is 1.96. The van der Waals surface area contributed by atoms with Crippen LogP contribution in [0.5, 0.6) is 0 Å². The molecule has 0 amide bonds. The Hall–Kier alpha value is -0.500. The van der Waals surface area contributed by atoms with Crippen LogP contribution in [0.3, 0.4) is 0 Å². The van der Waals surface area contributed by atoms with Gasteiger partial charge in [-0.3, -0.25) is 0 Å². The largest absolute Gasteiger partial charge is 0.343 e. The number of hydrogen-bond donors (Lipinski definition) is 0. The summed E-state index contributed by atoms with van der Waals surface area (Å²) in [5.74, 6) is 0.603. The molecule has 0 aliphatic heterocycles. The second kappa shape index (κ2) is 5.63. The van der Waals surface area contributed by atoms with E-state index in [4.69, 9.17) is 4.89 Å².